The van der Waals surface area contributed by atoms with Gasteiger partial charge in [-0.1, -0.05) is 49.7 Å². The number of thioether (sulfide) groups is 1. The van der Waals surface area contributed by atoms with E-state index in [1.54, 1.807) is 30.3 Å². The fraction of sp³-hybridized carbons (Fsp3) is 0.316. The Kier molecular flexibility index (Phi) is 7.01. The second kappa shape index (κ2) is 8.82. The van der Waals surface area contributed by atoms with Crippen molar-refractivity contribution in [1.82, 2.24) is 0 Å². The maximum Gasteiger partial charge on any atom is 0.446 e. The van der Waals surface area contributed by atoms with Crippen molar-refractivity contribution in [2.24, 2.45) is 5.92 Å². The summed E-state index contributed by atoms with van der Waals surface area (Å²) in [5.41, 5.74) is -3.06. The highest BCUT2D eigenvalue weighted by Gasteiger charge is 2.29. The van der Waals surface area contributed by atoms with Gasteiger partial charge in [-0.2, -0.15) is 13.2 Å². The first-order valence-electron chi connectivity index (χ1n) is 7.92. The number of hydrogen-bond donors (Lipinski definition) is 0. The molecular weight excluding hydrogens is 385 g/mol. The number of benzene rings is 2. The summed E-state index contributed by atoms with van der Waals surface area (Å²) >= 11 is 5.68. The highest BCUT2D eigenvalue weighted by atomic mass is 35.5. The van der Waals surface area contributed by atoms with E-state index in [1.807, 2.05) is 13.8 Å². The normalized spacial score (nSPS) is 12.9. The van der Waals surface area contributed by atoms with Crippen molar-refractivity contribution in [3.05, 3.63) is 64.7 Å². The molecule has 0 radical (unpaired) electrons. The first-order valence-corrected chi connectivity index (χ1v) is 9.12. The predicted octanol–water partition coefficient (Wildman–Crippen LogP) is 6.43. The molecule has 26 heavy (non-hydrogen) atoms. The average Bonchev–Trinajstić information content (AvgIpc) is 2.53. The van der Waals surface area contributed by atoms with Crippen LogP contribution in [0.1, 0.15) is 30.9 Å². The number of hydrogen-bond acceptors (Lipinski definition) is 3. The van der Waals surface area contributed by atoms with E-state index >= 15 is 0 Å². The van der Waals surface area contributed by atoms with Crippen LogP contribution in [0.4, 0.5) is 13.2 Å². The molecule has 1 unspecified atom stereocenters. The summed E-state index contributed by atoms with van der Waals surface area (Å²) in [6.07, 6.45) is 0. The smallest absolute Gasteiger partial charge is 0.446 e. The summed E-state index contributed by atoms with van der Waals surface area (Å²) in [5.74, 6) is -0.896. The van der Waals surface area contributed by atoms with Gasteiger partial charge in [0.25, 0.3) is 0 Å². The van der Waals surface area contributed by atoms with Crippen molar-refractivity contribution in [3.63, 3.8) is 0 Å². The van der Waals surface area contributed by atoms with Crippen LogP contribution >= 0.6 is 23.4 Å². The monoisotopic (exact) mass is 402 g/mol. The third-order valence-corrected chi connectivity index (χ3v) is 4.64. The van der Waals surface area contributed by atoms with E-state index in [1.165, 1.54) is 18.2 Å². The Morgan fingerprint density at radius 1 is 1.15 bits per heavy atom. The molecular formula is C19H18ClF3O2S. The Balaban J connectivity index is 2.06. The van der Waals surface area contributed by atoms with Gasteiger partial charge < -0.3 is 4.74 Å². The molecule has 0 aliphatic carbocycles. The first-order chi connectivity index (χ1) is 12.2. The van der Waals surface area contributed by atoms with Crippen molar-refractivity contribution < 1.29 is 22.7 Å². The maximum atomic E-state index is 12.5. The summed E-state index contributed by atoms with van der Waals surface area (Å²) < 4.78 is 42.8. The van der Waals surface area contributed by atoms with Crippen LogP contribution in [0.5, 0.6) is 0 Å². The quantitative estimate of drug-likeness (QED) is 0.411. The van der Waals surface area contributed by atoms with Crippen LogP contribution in [-0.2, 0) is 16.1 Å². The highest BCUT2D eigenvalue weighted by Crippen LogP contribution is 2.37. The number of alkyl halides is 3. The van der Waals surface area contributed by atoms with Gasteiger partial charge in [-0.05, 0) is 53.1 Å². The predicted molar refractivity (Wildman–Crippen MR) is 97.2 cm³/mol. The molecule has 0 aliphatic heterocycles. The van der Waals surface area contributed by atoms with Crippen LogP contribution in [0.2, 0.25) is 5.02 Å². The van der Waals surface area contributed by atoms with E-state index in [4.69, 9.17) is 16.3 Å². The highest BCUT2D eigenvalue weighted by molar-refractivity contribution is 8.00. The number of carbonyl (C=O) groups excluding carboxylic acids is 1. The van der Waals surface area contributed by atoms with Gasteiger partial charge in [-0.25, -0.2) is 0 Å². The zero-order chi connectivity index (χ0) is 19.3. The lowest BCUT2D eigenvalue weighted by Crippen LogP contribution is -2.20. The minimum Gasteiger partial charge on any atom is -0.460 e. The van der Waals surface area contributed by atoms with E-state index in [2.05, 4.69) is 0 Å². The Bertz CT molecular complexity index is 745. The lowest BCUT2D eigenvalue weighted by molar-refractivity contribution is -0.148. The van der Waals surface area contributed by atoms with E-state index in [9.17, 15) is 18.0 Å². The molecule has 2 aromatic carbocycles. The maximum absolute atomic E-state index is 12.5. The third kappa shape index (κ3) is 6.25. The van der Waals surface area contributed by atoms with Gasteiger partial charge in [0, 0.05) is 9.92 Å². The van der Waals surface area contributed by atoms with Crippen molar-refractivity contribution in [3.8, 4) is 0 Å². The molecule has 7 heteroatoms. The van der Waals surface area contributed by atoms with Gasteiger partial charge in [0.05, 0.1) is 5.92 Å². The van der Waals surface area contributed by atoms with E-state index < -0.39 is 17.4 Å². The summed E-state index contributed by atoms with van der Waals surface area (Å²) in [4.78, 5) is 12.6. The summed E-state index contributed by atoms with van der Waals surface area (Å²) in [6, 6.07) is 12.8. The van der Waals surface area contributed by atoms with Crippen LogP contribution in [0.25, 0.3) is 0 Å². The van der Waals surface area contributed by atoms with E-state index in [0.717, 1.165) is 5.56 Å². The summed E-state index contributed by atoms with van der Waals surface area (Å²) in [6.45, 7) is 3.73. The molecule has 0 heterocycles. The zero-order valence-corrected chi connectivity index (χ0v) is 15.8. The topological polar surface area (TPSA) is 26.3 Å². The number of carbonyl (C=O) groups is 1. The molecule has 2 rings (SSSR count). The molecule has 140 valence electrons. The van der Waals surface area contributed by atoms with Gasteiger partial charge in [0.2, 0.25) is 0 Å². The standard InChI is InChI=1S/C19H18ClF3O2S/c1-12(2)17(14-6-8-15(20)9-7-14)18(24)25-11-13-4-3-5-16(10-13)26-19(21,22)23/h3-10,12,17H,11H2,1-2H3. The lowest BCUT2D eigenvalue weighted by Gasteiger charge is -2.20. The van der Waals surface area contributed by atoms with Crippen LogP contribution in [0, 0.1) is 5.92 Å². The average molecular weight is 403 g/mol. The molecule has 2 aromatic rings. The van der Waals surface area contributed by atoms with Gasteiger partial charge in [0.15, 0.2) is 0 Å². The number of halogens is 4. The van der Waals surface area contributed by atoms with Crippen LogP contribution in [0.3, 0.4) is 0 Å². The first kappa shape index (κ1) is 20.6. The molecule has 0 aliphatic rings. The van der Waals surface area contributed by atoms with Crippen molar-refractivity contribution in [2.75, 3.05) is 0 Å². The minimum atomic E-state index is -4.35. The molecule has 1 atom stereocenters. The van der Waals surface area contributed by atoms with Crippen LogP contribution < -0.4 is 0 Å². The Hall–Kier alpha value is -1.66. The summed E-state index contributed by atoms with van der Waals surface area (Å²) in [7, 11) is 0. The minimum absolute atomic E-state index is 0.00389. The zero-order valence-electron chi connectivity index (χ0n) is 14.2. The van der Waals surface area contributed by atoms with Crippen LogP contribution in [0.15, 0.2) is 53.4 Å². The SMILES string of the molecule is CC(C)C(C(=O)OCc1cccc(SC(F)(F)F)c1)c1ccc(Cl)cc1. The van der Waals surface area contributed by atoms with Crippen LogP contribution in [-0.4, -0.2) is 11.5 Å². The van der Waals surface area contributed by atoms with Gasteiger partial charge in [-0.15, -0.1) is 0 Å². The van der Waals surface area contributed by atoms with E-state index in [0.29, 0.717) is 10.6 Å². The van der Waals surface area contributed by atoms with Gasteiger partial charge >= 0.3 is 11.5 Å². The van der Waals surface area contributed by atoms with Crippen molar-refractivity contribution >= 4 is 29.3 Å². The number of rotatable bonds is 6. The third-order valence-electron chi connectivity index (χ3n) is 3.66. The molecule has 0 fully saturated rings. The summed E-state index contributed by atoms with van der Waals surface area (Å²) in [5, 5.41) is 0.573. The van der Waals surface area contributed by atoms with Gasteiger partial charge in [0.1, 0.15) is 6.61 Å². The number of esters is 1. The Morgan fingerprint density at radius 2 is 1.81 bits per heavy atom. The largest absolute Gasteiger partial charge is 0.460 e. The second-order valence-corrected chi connectivity index (χ2v) is 7.65. The van der Waals surface area contributed by atoms with E-state index in [-0.39, 0.29) is 29.2 Å². The number of ether oxygens (including phenoxy) is 1. The molecule has 0 aromatic heterocycles. The molecule has 0 bridgehead atoms. The fourth-order valence-electron chi connectivity index (χ4n) is 2.54. The molecule has 2 nitrogen and oxygen atoms in total. The molecule has 0 amide bonds. The van der Waals surface area contributed by atoms with Crippen molar-refractivity contribution in [2.45, 2.75) is 36.8 Å². The van der Waals surface area contributed by atoms with Gasteiger partial charge in [-0.3, -0.25) is 4.79 Å². The molecule has 0 saturated carbocycles. The molecule has 0 saturated heterocycles. The Morgan fingerprint density at radius 3 is 2.38 bits per heavy atom. The molecule has 0 N–H and O–H groups in total. The fourth-order valence-corrected chi connectivity index (χ4v) is 3.29. The second-order valence-electron chi connectivity index (χ2n) is 6.08. The lowest BCUT2D eigenvalue weighted by atomic mass is 9.88. The Labute approximate surface area is 159 Å². The molecule has 0 spiro atoms. The van der Waals surface area contributed by atoms with Crippen molar-refractivity contribution in [1.29, 1.82) is 0 Å².